The number of urea groups is 1. The summed E-state index contributed by atoms with van der Waals surface area (Å²) in [6.07, 6.45) is -1.10. The number of thiophene rings is 1. The predicted molar refractivity (Wildman–Crippen MR) is 110 cm³/mol. The molecule has 1 aromatic carbocycles. The summed E-state index contributed by atoms with van der Waals surface area (Å²) in [4.78, 5) is 38.5. The fourth-order valence-electron chi connectivity index (χ4n) is 2.86. The Morgan fingerprint density at radius 2 is 1.86 bits per heavy atom. The zero-order valence-corrected chi connectivity index (χ0v) is 17.1. The quantitative estimate of drug-likeness (QED) is 0.725. The summed E-state index contributed by atoms with van der Waals surface area (Å²) in [5.74, 6) is -1.29. The highest BCUT2D eigenvalue weighted by atomic mass is 32.1. The van der Waals surface area contributed by atoms with Crippen LogP contribution in [0.2, 0.25) is 0 Å². The minimum Gasteiger partial charge on any atom is -0.448 e. The van der Waals surface area contributed by atoms with Crippen LogP contribution in [0.5, 0.6) is 0 Å². The van der Waals surface area contributed by atoms with E-state index in [2.05, 4.69) is 15.5 Å². The van der Waals surface area contributed by atoms with E-state index in [1.54, 1.807) is 6.07 Å². The molecule has 3 rings (SSSR count). The van der Waals surface area contributed by atoms with Gasteiger partial charge in [-0.1, -0.05) is 30.3 Å². The highest BCUT2D eigenvalue weighted by molar-refractivity contribution is 7.18. The van der Waals surface area contributed by atoms with Crippen molar-refractivity contribution in [3.05, 3.63) is 41.3 Å². The number of carbonyl (C=O) groups is 3. The molecule has 154 valence electrons. The predicted octanol–water partition coefficient (Wildman–Crippen LogP) is 2.25. The lowest BCUT2D eigenvalue weighted by atomic mass is 10.1. The number of esters is 1. The Kier molecular flexibility index (Phi) is 6.84. The van der Waals surface area contributed by atoms with Gasteiger partial charge < -0.3 is 19.7 Å². The zero-order chi connectivity index (χ0) is 20.8. The van der Waals surface area contributed by atoms with Gasteiger partial charge in [0, 0.05) is 25.7 Å². The molecule has 0 spiro atoms. The number of amides is 3. The van der Waals surface area contributed by atoms with Crippen molar-refractivity contribution in [2.24, 2.45) is 0 Å². The number of morpholine rings is 1. The van der Waals surface area contributed by atoms with Crippen LogP contribution in [-0.4, -0.2) is 57.4 Å². The number of nitrogens with one attached hydrogen (secondary N) is 2. The summed E-state index contributed by atoms with van der Waals surface area (Å²) in [5.41, 5.74) is 1.93. The van der Waals surface area contributed by atoms with E-state index >= 15 is 0 Å². The molecule has 1 saturated heterocycles. The topological polar surface area (TPSA) is 97.0 Å². The summed E-state index contributed by atoms with van der Waals surface area (Å²) < 4.78 is 10.7. The molecule has 1 aliphatic heterocycles. The molecule has 29 heavy (non-hydrogen) atoms. The largest absolute Gasteiger partial charge is 0.448 e. The second-order valence-electron chi connectivity index (χ2n) is 6.41. The summed E-state index contributed by atoms with van der Waals surface area (Å²) in [6.45, 7) is 4.15. The first kappa shape index (κ1) is 20.8. The standard InChI is InChI=1S/C20H23N3O5S/c1-13(17(24)22-20(26)21-2)28-19(25)16-12-15(14-6-4-3-5-7-14)18(29-16)23-8-10-27-11-9-23/h3-7,12-13H,8-11H2,1-2H3,(H2,21,22,24,26)/t13-/m1/s1. The Labute approximate surface area is 172 Å². The Hall–Kier alpha value is -2.91. The molecule has 2 heterocycles. The van der Waals surface area contributed by atoms with Crippen LogP contribution in [0, 0.1) is 0 Å². The number of nitrogens with zero attached hydrogens (tertiary/aromatic N) is 1. The molecule has 1 aliphatic rings. The molecule has 1 atom stereocenters. The minimum absolute atomic E-state index is 0.393. The van der Waals surface area contributed by atoms with Crippen LogP contribution in [0.25, 0.3) is 11.1 Å². The molecular weight excluding hydrogens is 394 g/mol. The fraction of sp³-hybridized carbons (Fsp3) is 0.350. The van der Waals surface area contributed by atoms with E-state index in [1.165, 1.54) is 25.3 Å². The molecule has 0 saturated carbocycles. The summed E-state index contributed by atoms with van der Waals surface area (Å²) in [7, 11) is 1.39. The molecule has 2 N–H and O–H groups in total. The van der Waals surface area contributed by atoms with Gasteiger partial charge in [-0.3, -0.25) is 10.1 Å². The number of carbonyl (C=O) groups excluding carboxylic acids is 3. The number of imide groups is 1. The molecule has 8 nitrogen and oxygen atoms in total. The summed E-state index contributed by atoms with van der Waals surface area (Å²) >= 11 is 1.33. The van der Waals surface area contributed by atoms with Gasteiger partial charge in [-0.05, 0) is 18.6 Å². The van der Waals surface area contributed by atoms with E-state index < -0.39 is 24.0 Å². The van der Waals surface area contributed by atoms with Crippen LogP contribution < -0.4 is 15.5 Å². The third-order valence-corrected chi connectivity index (χ3v) is 5.59. The van der Waals surface area contributed by atoms with E-state index in [4.69, 9.17) is 9.47 Å². The maximum atomic E-state index is 12.7. The minimum atomic E-state index is -1.10. The van der Waals surface area contributed by atoms with Crippen LogP contribution in [0.3, 0.4) is 0 Å². The Morgan fingerprint density at radius 1 is 1.17 bits per heavy atom. The van der Waals surface area contributed by atoms with E-state index in [0.717, 1.165) is 29.2 Å². The third kappa shape index (κ3) is 5.12. The molecular formula is C20H23N3O5S. The average Bonchev–Trinajstić information content (AvgIpc) is 3.20. The normalized spacial score (nSPS) is 14.8. The van der Waals surface area contributed by atoms with Crippen molar-refractivity contribution in [3.63, 3.8) is 0 Å². The Morgan fingerprint density at radius 3 is 2.52 bits per heavy atom. The highest BCUT2D eigenvalue weighted by Gasteiger charge is 2.25. The maximum absolute atomic E-state index is 12.7. The van der Waals surface area contributed by atoms with Crippen molar-refractivity contribution >= 4 is 34.2 Å². The smallest absolute Gasteiger partial charge is 0.349 e. The van der Waals surface area contributed by atoms with Gasteiger partial charge in [0.15, 0.2) is 6.10 Å². The first-order chi connectivity index (χ1) is 14.0. The van der Waals surface area contributed by atoms with Crippen molar-refractivity contribution < 1.29 is 23.9 Å². The summed E-state index contributed by atoms with van der Waals surface area (Å²) in [6, 6.07) is 10.9. The molecule has 0 aliphatic carbocycles. The lowest BCUT2D eigenvalue weighted by Gasteiger charge is -2.28. The molecule has 0 bridgehead atoms. The van der Waals surface area contributed by atoms with Gasteiger partial charge in [-0.2, -0.15) is 0 Å². The van der Waals surface area contributed by atoms with Crippen molar-refractivity contribution in [2.75, 3.05) is 38.3 Å². The second kappa shape index (κ2) is 9.53. The molecule has 9 heteroatoms. The van der Waals surface area contributed by atoms with Crippen LogP contribution >= 0.6 is 11.3 Å². The molecule has 1 aromatic heterocycles. The second-order valence-corrected chi connectivity index (χ2v) is 7.44. The van der Waals surface area contributed by atoms with E-state index in [9.17, 15) is 14.4 Å². The lowest BCUT2D eigenvalue weighted by molar-refractivity contribution is -0.127. The zero-order valence-electron chi connectivity index (χ0n) is 16.3. The van der Waals surface area contributed by atoms with Gasteiger partial charge in [-0.15, -0.1) is 11.3 Å². The van der Waals surface area contributed by atoms with E-state index in [1.807, 2.05) is 30.3 Å². The maximum Gasteiger partial charge on any atom is 0.349 e. The summed E-state index contributed by atoms with van der Waals surface area (Å²) in [5, 5.41) is 5.34. The average molecular weight is 417 g/mol. The van der Waals surface area contributed by atoms with Gasteiger partial charge in [0.05, 0.1) is 18.2 Å². The molecule has 2 aromatic rings. The van der Waals surface area contributed by atoms with E-state index in [-0.39, 0.29) is 0 Å². The molecule has 3 amide bonds. The number of ether oxygens (including phenoxy) is 2. The van der Waals surface area contributed by atoms with Crippen LogP contribution in [0.1, 0.15) is 16.6 Å². The van der Waals surface area contributed by atoms with Gasteiger partial charge in [-0.25, -0.2) is 9.59 Å². The monoisotopic (exact) mass is 417 g/mol. The van der Waals surface area contributed by atoms with Crippen LogP contribution in [-0.2, 0) is 14.3 Å². The third-order valence-electron chi connectivity index (χ3n) is 4.41. The lowest BCUT2D eigenvalue weighted by Crippen LogP contribution is -2.43. The van der Waals surface area contributed by atoms with Crippen molar-refractivity contribution in [1.82, 2.24) is 10.6 Å². The highest BCUT2D eigenvalue weighted by Crippen LogP contribution is 2.39. The molecule has 0 unspecified atom stereocenters. The van der Waals surface area contributed by atoms with Crippen molar-refractivity contribution in [1.29, 1.82) is 0 Å². The van der Waals surface area contributed by atoms with Gasteiger partial charge in [0.2, 0.25) is 0 Å². The first-order valence-electron chi connectivity index (χ1n) is 9.25. The Bertz CT molecular complexity index is 877. The Balaban J connectivity index is 1.81. The van der Waals surface area contributed by atoms with Crippen LogP contribution in [0.15, 0.2) is 36.4 Å². The SMILES string of the molecule is CNC(=O)NC(=O)[C@@H](C)OC(=O)c1cc(-c2ccccc2)c(N2CCOCC2)s1. The van der Waals surface area contributed by atoms with E-state index in [0.29, 0.717) is 18.1 Å². The van der Waals surface area contributed by atoms with Crippen molar-refractivity contribution in [3.8, 4) is 11.1 Å². The van der Waals surface area contributed by atoms with Gasteiger partial charge >= 0.3 is 12.0 Å². The van der Waals surface area contributed by atoms with Crippen molar-refractivity contribution in [2.45, 2.75) is 13.0 Å². The van der Waals surface area contributed by atoms with Gasteiger partial charge in [0.1, 0.15) is 4.88 Å². The molecule has 0 radical (unpaired) electrons. The number of anilines is 1. The molecule has 1 fully saturated rings. The van der Waals surface area contributed by atoms with Crippen LogP contribution in [0.4, 0.5) is 9.80 Å². The number of hydrogen-bond donors (Lipinski definition) is 2. The number of benzene rings is 1. The number of hydrogen-bond acceptors (Lipinski definition) is 7. The first-order valence-corrected chi connectivity index (χ1v) is 10.1. The fourth-order valence-corrected chi connectivity index (χ4v) is 3.97. The number of rotatable bonds is 5. The van der Waals surface area contributed by atoms with Gasteiger partial charge in [0.25, 0.3) is 5.91 Å².